The number of halogens is 3. The van der Waals surface area contributed by atoms with Gasteiger partial charge in [0.05, 0.1) is 4.47 Å². The Balaban J connectivity index is 2.33. The Labute approximate surface area is 142 Å². The molecule has 0 aliphatic rings. The second-order valence-corrected chi connectivity index (χ2v) is 6.70. The van der Waals surface area contributed by atoms with Crippen molar-refractivity contribution in [2.24, 2.45) is 0 Å². The third-order valence-electron chi connectivity index (χ3n) is 3.44. The van der Waals surface area contributed by atoms with Crippen molar-refractivity contribution in [3.8, 4) is 0 Å². The fraction of sp³-hybridized carbons (Fsp3) is 0.294. The molecule has 21 heavy (non-hydrogen) atoms. The van der Waals surface area contributed by atoms with Crippen LogP contribution in [0.4, 0.5) is 4.39 Å². The summed E-state index contributed by atoms with van der Waals surface area (Å²) >= 11 is 6.99. The van der Waals surface area contributed by atoms with E-state index in [1.807, 2.05) is 6.07 Å². The van der Waals surface area contributed by atoms with Gasteiger partial charge in [0.15, 0.2) is 0 Å². The molecule has 112 valence electrons. The van der Waals surface area contributed by atoms with Gasteiger partial charge in [-0.15, -0.1) is 0 Å². The number of benzene rings is 2. The maximum absolute atomic E-state index is 13.7. The van der Waals surface area contributed by atoms with Gasteiger partial charge in [-0.2, -0.15) is 0 Å². The van der Waals surface area contributed by atoms with E-state index in [1.54, 1.807) is 6.07 Å². The molecule has 2 aromatic rings. The summed E-state index contributed by atoms with van der Waals surface area (Å²) in [6.07, 6.45) is 0.730. The monoisotopic (exact) mass is 413 g/mol. The minimum atomic E-state index is -0.217. The molecule has 2 rings (SSSR count). The fourth-order valence-corrected chi connectivity index (χ4v) is 3.58. The van der Waals surface area contributed by atoms with E-state index < -0.39 is 0 Å². The van der Waals surface area contributed by atoms with Crippen LogP contribution in [0, 0.1) is 12.7 Å². The third-order valence-corrected chi connectivity index (χ3v) is 5.01. The van der Waals surface area contributed by atoms with Crippen LogP contribution in [0.15, 0.2) is 45.3 Å². The Morgan fingerprint density at radius 3 is 2.62 bits per heavy atom. The zero-order chi connectivity index (χ0) is 15.4. The molecule has 0 fully saturated rings. The molecule has 0 radical (unpaired) electrons. The van der Waals surface area contributed by atoms with Crippen LogP contribution in [0.3, 0.4) is 0 Å². The minimum Gasteiger partial charge on any atom is -0.310 e. The van der Waals surface area contributed by atoms with Gasteiger partial charge in [0.2, 0.25) is 0 Å². The molecule has 0 saturated heterocycles. The van der Waals surface area contributed by atoms with Crippen molar-refractivity contribution in [3.63, 3.8) is 0 Å². The molecule has 1 N–H and O–H groups in total. The Kier molecular flexibility index (Phi) is 5.97. The van der Waals surface area contributed by atoms with E-state index in [0.29, 0.717) is 4.47 Å². The molecule has 1 nitrogen and oxygen atoms in total. The summed E-state index contributed by atoms with van der Waals surface area (Å²) < 4.78 is 15.3. The molecule has 0 aliphatic carbocycles. The van der Waals surface area contributed by atoms with Crippen LogP contribution in [-0.2, 0) is 6.42 Å². The smallest absolute Gasteiger partial charge is 0.137 e. The van der Waals surface area contributed by atoms with Gasteiger partial charge in [0.25, 0.3) is 0 Å². The molecule has 2 aromatic carbocycles. The van der Waals surface area contributed by atoms with Gasteiger partial charge in [-0.05, 0) is 64.6 Å². The molecule has 1 unspecified atom stereocenters. The van der Waals surface area contributed by atoms with Crippen molar-refractivity contribution in [2.45, 2.75) is 26.3 Å². The molecule has 4 heteroatoms. The summed E-state index contributed by atoms with van der Waals surface area (Å²) in [7, 11) is 0. The van der Waals surface area contributed by atoms with E-state index >= 15 is 0 Å². The molecular weight excluding hydrogens is 397 g/mol. The van der Waals surface area contributed by atoms with Crippen LogP contribution >= 0.6 is 31.9 Å². The first-order valence-corrected chi connectivity index (χ1v) is 8.53. The van der Waals surface area contributed by atoms with E-state index in [4.69, 9.17) is 0 Å². The van der Waals surface area contributed by atoms with Crippen LogP contribution in [0.2, 0.25) is 0 Å². The zero-order valence-electron chi connectivity index (χ0n) is 12.1. The average molecular weight is 415 g/mol. The predicted octanol–water partition coefficient (Wildman–Crippen LogP) is 5.55. The van der Waals surface area contributed by atoms with Crippen LogP contribution in [-0.4, -0.2) is 6.54 Å². The van der Waals surface area contributed by atoms with Crippen molar-refractivity contribution >= 4 is 31.9 Å². The van der Waals surface area contributed by atoms with Gasteiger partial charge in [-0.25, -0.2) is 4.39 Å². The number of hydrogen-bond acceptors (Lipinski definition) is 1. The lowest BCUT2D eigenvalue weighted by Crippen LogP contribution is -2.23. The predicted molar refractivity (Wildman–Crippen MR) is 93.1 cm³/mol. The molecule has 0 spiro atoms. The number of nitrogens with one attached hydrogen (secondary N) is 1. The first-order chi connectivity index (χ1) is 10.0. The minimum absolute atomic E-state index is 0.142. The highest BCUT2D eigenvalue weighted by Gasteiger charge is 2.16. The van der Waals surface area contributed by atoms with Crippen molar-refractivity contribution in [1.29, 1.82) is 0 Å². The van der Waals surface area contributed by atoms with Crippen molar-refractivity contribution in [2.75, 3.05) is 6.54 Å². The Hall–Kier alpha value is -0.710. The molecule has 0 saturated carbocycles. The van der Waals surface area contributed by atoms with E-state index in [9.17, 15) is 4.39 Å². The van der Waals surface area contributed by atoms with E-state index in [0.717, 1.165) is 23.0 Å². The van der Waals surface area contributed by atoms with E-state index in [1.165, 1.54) is 17.2 Å². The summed E-state index contributed by atoms with van der Waals surface area (Å²) in [5, 5.41) is 3.48. The van der Waals surface area contributed by atoms with Gasteiger partial charge in [-0.1, -0.05) is 47.1 Å². The lowest BCUT2D eigenvalue weighted by molar-refractivity contribution is 0.543. The fourth-order valence-electron chi connectivity index (χ4n) is 2.38. The second-order valence-electron chi connectivity index (χ2n) is 5.05. The van der Waals surface area contributed by atoms with E-state index in [-0.39, 0.29) is 11.9 Å². The zero-order valence-corrected chi connectivity index (χ0v) is 15.3. The summed E-state index contributed by atoms with van der Waals surface area (Å²) in [5.41, 5.74) is 3.37. The lowest BCUT2D eigenvalue weighted by Gasteiger charge is -2.21. The Bertz CT molecular complexity index is 628. The summed E-state index contributed by atoms with van der Waals surface area (Å²) in [4.78, 5) is 0. The molecule has 0 bridgehead atoms. The third kappa shape index (κ3) is 4.15. The first kappa shape index (κ1) is 16.7. The molecular formula is C17H18Br2FN. The number of aryl methyl sites for hydroxylation is 1. The van der Waals surface area contributed by atoms with Crippen LogP contribution < -0.4 is 5.32 Å². The highest BCUT2D eigenvalue weighted by molar-refractivity contribution is 9.10. The van der Waals surface area contributed by atoms with Crippen LogP contribution in [0.5, 0.6) is 0 Å². The summed E-state index contributed by atoms with van der Waals surface area (Å²) in [6, 6.07) is 11.7. The normalized spacial score (nSPS) is 12.4. The van der Waals surface area contributed by atoms with Crippen LogP contribution in [0.25, 0.3) is 0 Å². The van der Waals surface area contributed by atoms with Gasteiger partial charge >= 0.3 is 0 Å². The SMILES string of the molecule is CCNC(Cc1cccc(F)c1Br)c1ccc(C)cc1Br. The maximum atomic E-state index is 13.7. The van der Waals surface area contributed by atoms with Gasteiger partial charge in [0.1, 0.15) is 5.82 Å². The summed E-state index contributed by atoms with van der Waals surface area (Å²) in [6.45, 7) is 5.01. The molecule has 0 heterocycles. The van der Waals surface area contributed by atoms with Crippen molar-refractivity contribution < 1.29 is 4.39 Å². The van der Waals surface area contributed by atoms with Gasteiger partial charge in [-0.3, -0.25) is 0 Å². The largest absolute Gasteiger partial charge is 0.310 e. The number of likely N-dealkylation sites (N-methyl/N-ethyl adjacent to an activating group) is 1. The Morgan fingerprint density at radius 1 is 1.19 bits per heavy atom. The van der Waals surface area contributed by atoms with Gasteiger partial charge in [0, 0.05) is 10.5 Å². The highest BCUT2D eigenvalue weighted by Crippen LogP contribution is 2.30. The summed E-state index contributed by atoms with van der Waals surface area (Å²) in [5.74, 6) is -0.217. The quantitative estimate of drug-likeness (QED) is 0.675. The lowest BCUT2D eigenvalue weighted by atomic mass is 9.98. The standard InChI is InChI=1S/C17H18Br2FN/c1-3-21-16(13-8-7-11(2)9-14(13)18)10-12-5-4-6-15(20)17(12)19/h4-9,16,21H,3,10H2,1-2H3. The van der Waals surface area contributed by atoms with E-state index in [2.05, 4.69) is 69.2 Å². The second kappa shape index (κ2) is 7.52. The molecule has 1 atom stereocenters. The molecule has 0 amide bonds. The first-order valence-electron chi connectivity index (χ1n) is 6.95. The van der Waals surface area contributed by atoms with Crippen molar-refractivity contribution in [3.05, 3.63) is 67.9 Å². The topological polar surface area (TPSA) is 12.0 Å². The number of rotatable bonds is 5. The number of hydrogen-bond donors (Lipinski definition) is 1. The van der Waals surface area contributed by atoms with Crippen molar-refractivity contribution in [1.82, 2.24) is 5.32 Å². The Morgan fingerprint density at radius 2 is 1.95 bits per heavy atom. The van der Waals surface area contributed by atoms with Crippen LogP contribution in [0.1, 0.15) is 29.7 Å². The highest BCUT2D eigenvalue weighted by atomic mass is 79.9. The average Bonchev–Trinajstić information content (AvgIpc) is 2.43. The molecule has 0 aromatic heterocycles. The maximum Gasteiger partial charge on any atom is 0.137 e. The van der Waals surface area contributed by atoms with Gasteiger partial charge < -0.3 is 5.32 Å². The molecule has 0 aliphatic heterocycles.